The Bertz CT molecular complexity index is 421. The van der Waals surface area contributed by atoms with Crippen LogP contribution in [0.2, 0.25) is 0 Å². The van der Waals surface area contributed by atoms with Gasteiger partial charge in [-0.05, 0) is 36.4 Å². The molecule has 3 heteroatoms. The number of hydrogen-bond acceptors (Lipinski definition) is 1. The number of halogens is 1. The quantitative estimate of drug-likeness (QED) is 0.750. The summed E-state index contributed by atoms with van der Waals surface area (Å²) in [6.07, 6.45) is 2.73. The van der Waals surface area contributed by atoms with Crippen molar-refractivity contribution in [1.29, 1.82) is 0 Å². The molecule has 0 aromatic heterocycles. The zero-order valence-electron chi connectivity index (χ0n) is 7.90. The van der Waals surface area contributed by atoms with E-state index in [9.17, 15) is 9.18 Å². The van der Waals surface area contributed by atoms with E-state index in [0.29, 0.717) is 5.56 Å². The van der Waals surface area contributed by atoms with Crippen LogP contribution in [-0.4, -0.2) is 17.8 Å². The Balaban J connectivity index is 2.75. The van der Waals surface area contributed by atoms with Crippen LogP contribution in [0, 0.1) is 11.8 Å². The fraction of sp³-hybridized carbons (Fsp3) is 0.0833. The van der Waals surface area contributed by atoms with Crippen molar-refractivity contribution in [2.75, 3.05) is 6.67 Å². The SMILES string of the molecule is O=C(O)c1ccc(C#C/C=C/CF)cc1. The van der Waals surface area contributed by atoms with Crippen molar-refractivity contribution in [3.05, 3.63) is 47.5 Å². The second-order valence-electron chi connectivity index (χ2n) is 2.71. The molecule has 0 unspecified atom stereocenters. The number of allylic oxidation sites excluding steroid dienone is 2. The Kier molecular flexibility index (Phi) is 4.11. The summed E-state index contributed by atoms with van der Waals surface area (Å²) in [5, 5.41) is 8.63. The highest BCUT2D eigenvalue weighted by Gasteiger charge is 1.99. The molecule has 0 saturated heterocycles. The van der Waals surface area contributed by atoms with E-state index in [2.05, 4.69) is 11.8 Å². The minimum atomic E-state index is -0.966. The summed E-state index contributed by atoms with van der Waals surface area (Å²) in [6.45, 7) is -0.535. The third-order valence-corrected chi connectivity index (χ3v) is 1.64. The first-order valence-corrected chi connectivity index (χ1v) is 4.30. The Morgan fingerprint density at radius 2 is 2.07 bits per heavy atom. The van der Waals surface area contributed by atoms with Gasteiger partial charge in [-0.3, -0.25) is 0 Å². The van der Waals surface area contributed by atoms with E-state index in [4.69, 9.17) is 5.11 Å². The van der Waals surface area contributed by atoms with Gasteiger partial charge in [0, 0.05) is 5.56 Å². The lowest BCUT2D eigenvalue weighted by Gasteiger charge is -1.92. The highest BCUT2D eigenvalue weighted by atomic mass is 19.1. The average Bonchev–Trinajstić information content (AvgIpc) is 2.25. The van der Waals surface area contributed by atoms with Gasteiger partial charge < -0.3 is 5.11 Å². The maximum absolute atomic E-state index is 11.6. The molecule has 0 bridgehead atoms. The van der Waals surface area contributed by atoms with Crippen molar-refractivity contribution in [3.63, 3.8) is 0 Å². The van der Waals surface area contributed by atoms with Gasteiger partial charge in [0.2, 0.25) is 0 Å². The fourth-order valence-corrected chi connectivity index (χ4v) is 0.925. The zero-order valence-corrected chi connectivity index (χ0v) is 7.90. The van der Waals surface area contributed by atoms with Gasteiger partial charge in [-0.25, -0.2) is 9.18 Å². The first-order valence-electron chi connectivity index (χ1n) is 4.30. The largest absolute Gasteiger partial charge is 0.478 e. The van der Waals surface area contributed by atoms with Crippen molar-refractivity contribution < 1.29 is 14.3 Å². The molecule has 15 heavy (non-hydrogen) atoms. The van der Waals surface area contributed by atoms with E-state index in [1.807, 2.05) is 0 Å². The van der Waals surface area contributed by atoms with Crippen LogP contribution in [0.3, 0.4) is 0 Å². The maximum atomic E-state index is 11.6. The summed E-state index contributed by atoms with van der Waals surface area (Å²) in [5.41, 5.74) is 0.920. The zero-order chi connectivity index (χ0) is 11.1. The molecule has 2 nitrogen and oxygen atoms in total. The minimum absolute atomic E-state index is 0.222. The van der Waals surface area contributed by atoms with E-state index in [-0.39, 0.29) is 5.56 Å². The Labute approximate surface area is 87.1 Å². The number of aromatic carboxylic acids is 1. The normalized spacial score (nSPS) is 9.67. The summed E-state index contributed by atoms with van der Waals surface area (Å²) in [7, 11) is 0. The summed E-state index contributed by atoms with van der Waals surface area (Å²) in [4.78, 5) is 10.5. The van der Waals surface area contributed by atoms with Gasteiger partial charge in [-0.1, -0.05) is 11.8 Å². The van der Waals surface area contributed by atoms with E-state index >= 15 is 0 Å². The van der Waals surface area contributed by atoms with E-state index < -0.39 is 12.6 Å². The second-order valence-corrected chi connectivity index (χ2v) is 2.71. The fourth-order valence-electron chi connectivity index (χ4n) is 0.925. The van der Waals surface area contributed by atoms with Crippen molar-refractivity contribution in [2.24, 2.45) is 0 Å². The van der Waals surface area contributed by atoms with Crippen LogP contribution in [0.4, 0.5) is 4.39 Å². The molecule has 1 rings (SSSR count). The lowest BCUT2D eigenvalue weighted by Crippen LogP contribution is -1.94. The first kappa shape index (κ1) is 11.0. The molecule has 0 aliphatic rings. The Morgan fingerprint density at radius 3 is 2.60 bits per heavy atom. The van der Waals surface area contributed by atoms with Crippen molar-refractivity contribution in [1.82, 2.24) is 0 Å². The second kappa shape index (κ2) is 5.61. The standard InChI is InChI=1S/C12H9FO2/c13-9-3-1-2-4-10-5-7-11(8-6-10)12(14)15/h1,3,5-8H,9H2,(H,14,15)/b3-1+. The Morgan fingerprint density at radius 1 is 1.40 bits per heavy atom. The third kappa shape index (κ3) is 3.65. The number of hydrogen-bond donors (Lipinski definition) is 1. The monoisotopic (exact) mass is 204 g/mol. The van der Waals surface area contributed by atoms with Crippen molar-refractivity contribution in [2.45, 2.75) is 0 Å². The van der Waals surface area contributed by atoms with Gasteiger partial charge >= 0.3 is 5.97 Å². The highest BCUT2D eigenvalue weighted by Crippen LogP contribution is 2.02. The summed E-state index contributed by atoms with van der Waals surface area (Å²) in [5.74, 6) is 4.42. The van der Waals surface area contributed by atoms with Crippen molar-refractivity contribution in [3.8, 4) is 11.8 Å². The average molecular weight is 204 g/mol. The van der Waals surface area contributed by atoms with Crippen LogP contribution in [0.25, 0.3) is 0 Å². The number of benzene rings is 1. The van der Waals surface area contributed by atoms with Gasteiger partial charge in [-0.2, -0.15) is 0 Å². The number of alkyl halides is 1. The maximum Gasteiger partial charge on any atom is 0.335 e. The molecule has 0 aliphatic heterocycles. The van der Waals surface area contributed by atoms with E-state index in [1.165, 1.54) is 24.3 Å². The lowest BCUT2D eigenvalue weighted by atomic mass is 10.1. The van der Waals surface area contributed by atoms with E-state index in [0.717, 1.165) is 0 Å². The molecule has 0 heterocycles. The topological polar surface area (TPSA) is 37.3 Å². The lowest BCUT2D eigenvalue weighted by molar-refractivity contribution is 0.0697. The van der Waals surface area contributed by atoms with Crippen LogP contribution in [0.15, 0.2) is 36.4 Å². The molecular formula is C12H9FO2. The van der Waals surface area contributed by atoms with Crippen LogP contribution < -0.4 is 0 Å². The predicted molar refractivity (Wildman–Crippen MR) is 55.4 cm³/mol. The molecule has 0 fully saturated rings. The molecule has 0 radical (unpaired) electrons. The third-order valence-electron chi connectivity index (χ3n) is 1.64. The van der Waals surface area contributed by atoms with Crippen LogP contribution in [0.1, 0.15) is 15.9 Å². The minimum Gasteiger partial charge on any atom is -0.478 e. The number of carboxylic acid groups (broad SMARTS) is 1. The molecule has 0 saturated carbocycles. The summed E-state index contributed by atoms with van der Waals surface area (Å²) in [6, 6.07) is 6.18. The summed E-state index contributed by atoms with van der Waals surface area (Å²) < 4.78 is 11.6. The predicted octanol–water partition coefficient (Wildman–Crippen LogP) is 2.26. The van der Waals surface area contributed by atoms with Gasteiger partial charge in [-0.15, -0.1) is 0 Å². The number of rotatable bonds is 2. The van der Waals surface area contributed by atoms with Crippen LogP contribution in [-0.2, 0) is 0 Å². The molecule has 1 N–H and O–H groups in total. The molecule has 0 spiro atoms. The van der Waals surface area contributed by atoms with Gasteiger partial charge in [0.15, 0.2) is 0 Å². The van der Waals surface area contributed by atoms with Crippen LogP contribution in [0.5, 0.6) is 0 Å². The smallest absolute Gasteiger partial charge is 0.335 e. The van der Waals surface area contributed by atoms with Crippen molar-refractivity contribution >= 4 is 5.97 Å². The molecule has 76 valence electrons. The number of carboxylic acids is 1. The van der Waals surface area contributed by atoms with E-state index in [1.54, 1.807) is 12.1 Å². The first-order chi connectivity index (χ1) is 7.24. The highest BCUT2D eigenvalue weighted by molar-refractivity contribution is 5.87. The molecule has 0 aliphatic carbocycles. The van der Waals surface area contributed by atoms with Gasteiger partial charge in [0.05, 0.1) is 5.56 Å². The van der Waals surface area contributed by atoms with Crippen LogP contribution >= 0.6 is 0 Å². The molecule has 1 aromatic carbocycles. The molecule has 0 atom stereocenters. The summed E-state index contributed by atoms with van der Waals surface area (Å²) >= 11 is 0. The Hall–Kier alpha value is -2.08. The molecule has 1 aromatic rings. The number of carbonyl (C=O) groups is 1. The van der Waals surface area contributed by atoms with Gasteiger partial charge in [0.1, 0.15) is 6.67 Å². The molecule has 0 amide bonds. The van der Waals surface area contributed by atoms with Gasteiger partial charge in [0.25, 0.3) is 0 Å². The molecular weight excluding hydrogens is 195 g/mol.